The molecular formula is C9H14FNO3S. The number of hydrogen-bond donors (Lipinski definition) is 0. The van der Waals surface area contributed by atoms with Crippen LogP contribution < -0.4 is 0 Å². The molecule has 0 bridgehead atoms. The number of amides is 1. The lowest BCUT2D eigenvalue weighted by Crippen LogP contribution is -2.27. The van der Waals surface area contributed by atoms with Crippen molar-refractivity contribution in [2.45, 2.75) is 13.3 Å². The van der Waals surface area contributed by atoms with Gasteiger partial charge < -0.3 is 4.90 Å². The number of nitrogens with zero attached hydrogens (tertiary/aromatic N) is 1. The maximum atomic E-state index is 12.4. The topological polar surface area (TPSA) is 54.5 Å². The minimum absolute atomic E-state index is 0.108. The molecule has 0 aliphatic carbocycles. The van der Waals surface area contributed by atoms with E-state index in [1.807, 2.05) is 0 Å². The van der Waals surface area contributed by atoms with Crippen molar-refractivity contribution in [2.24, 2.45) is 5.92 Å². The first-order valence-electron chi connectivity index (χ1n) is 4.62. The first-order chi connectivity index (χ1) is 6.78. The lowest BCUT2D eigenvalue weighted by atomic mass is 10.1. The third kappa shape index (κ3) is 3.99. The fourth-order valence-electron chi connectivity index (χ4n) is 1.73. The average molecular weight is 235 g/mol. The van der Waals surface area contributed by atoms with E-state index in [0.29, 0.717) is 13.1 Å². The molecule has 1 heterocycles. The van der Waals surface area contributed by atoms with E-state index in [2.05, 4.69) is 6.58 Å². The SMILES string of the molecule is C=C(C)CN1CC(CS(=O)(=O)F)CC1=O. The Hall–Kier alpha value is -0.910. The van der Waals surface area contributed by atoms with E-state index in [1.165, 1.54) is 4.90 Å². The van der Waals surface area contributed by atoms with Crippen molar-refractivity contribution in [1.82, 2.24) is 4.90 Å². The average Bonchev–Trinajstić information content (AvgIpc) is 2.26. The third-order valence-electron chi connectivity index (χ3n) is 2.19. The van der Waals surface area contributed by atoms with Crippen molar-refractivity contribution in [3.8, 4) is 0 Å². The molecule has 6 heteroatoms. The molecule has 0 aromatic rings. The molecule has 1 atom stereocenters. The Kier molecular flexibility index (Phi) is 3.49. The zero-order chi connectivity index (χ0) is 11.6. The molecule has 0 saturated carbocycles. The minimum atomic E-state index is -4.48. The fourth-order valence-corrected chi connectivity index (χ4v) is 2.51. The maximum absolute atomic E-state index is 12.4. The highest BCUT2D eigenvalue weighted by Gasteiger charge is 2.32. The lowest BCUT2D eigenvalue weighted by Gasteiger charge is -2.15. The van der Waals surface area contributed by atoms with Gasteiger partial charge in [0.2, 0.25) is 5.91 Å². The number of carbonyl (C=O) groups excluding carboxylic acids is 1. The van der Waals surface area contributed by atoms with Crippen LogP contribution in [0.25, 0.3) is 0 Å². The van der Waals surface area contributed by atoms with E-state index in [-0.39, 0.29) is 12.3 Å². The van der Waals surface area contributed by atoms with Crippen molar-refractivity contribution in [3.05, 3.63) is 12.2 Å². The van der Waals surface area contributed by atoms with E-state index in [1.54, 1.807) is 6.92 Å². The summed E-state index contributed by atoms with van der Waals surface area (Å²) in [5.74, 6) is -1.12. The molecule has 1 unspecified atom stereocenters. The Bertz CT molecular complexity index is 377. The molecule has 1 amide bonds. The smallest absolute Gasteiger partial charge is 0.302 e. The van der Waals surface area contributed by atoms with Gasteiger partial charge in [-0.3, -0.25) is 4.79 Å². The van der Waals surface area contributed by atoms with Gasteiger partial charge in [0.15, 0.2) is 0 Å². The van der Waals surface area contributed by atoms with Crippen LogP contribution in [0.2, 0.25) is 0 Å². The Balaban J connectivity index is 2.56. The van der Waals surface area contributed by atoms with E-state index in [0.717, 1.165) is 5.57 Å². The predicted molar refractivity (Wildman–Crippen MR) is 54.4 cm³/mol. The molecule has 0 N–H and O–H groups in total. The molecule has 1 aliphatic heterocycles. The van der Waals surface area contributed by atoms with Crippen LogP contribution in [0.4, 0.5) is 3.89 Å². The number of hydrogen-bond acceptors (Lipinski definition) is 3. The van der Waals surface area contributed by atoms with Gasteiger partial charge >= 0.3 is 10.2 Å². The second-order valence-corrected chi connectivity index (χ2v) is 5.42. The normalized spacial score (nSPS) is 22.1. The van der Waals surface area contributed by atoms with Gasteiger partial charge in [-0.05, 0) is 6.92 Å². The second kappa shape index (κ2) is 4.30. The molecule has 1 saturated heterocycles. The van der Waals surface area contributed by atoms with Crippen LogP contribution in [0.1, 0.15) is 13.3 Å². The van der Waals surface area contributed by atoms with Crippen LogP contribution in [-0.2, 0) is 15.0 Å². The largest absolute Gasteiger partial charge is 0.338 e. The number of likely N-dealkylation sites (tertiary alicyclic amines) is 1. The molecular weight excluding hydrogens is 221 g/mol. The number of rotatable bonds is 4. The number of halogens is 1. The summed E-state index contributed by atoms with van der Waals surface area (Å²) in [6, 6.07) is 0. The molecule has 0 radical (unpaired) electrons. The standard InChI is InChI=1S/C9H14FNO3S/c1-7(2)4-11-5-8(3-9(11)12)6-15(10,13)14/h8H,1,3-6H2,2H3. The Morgan fingerprint density at radius 1 is 1.67 bits per heavy atom. The summed E-state index contributed by atoms with van der Waals surface area (Å²) in [5, 5.41) is 0. The van der Waals surface area contributed by atoms with E-state index in [9.17, 15) is 17.1 Å². The number of carbonyl (C=O) groups is 1. The van der Waals surface area contributed by atoms with Gasteiger partial charge in [-0.15, -0.1) is 3.89 Å². The van der Waals surface area contributed by atoms with Gasteiger partial charge in [-0.1, -0.05) is 12.2 Å². The quantitative estimate of drug-likeness (QED) is 0.532. The van der Waals surface area contributed by atoms with Crippen molar-refractivity contribution in [1.29, 1.82) is 0 Å². The summed E-state index contributed by atoms with van der Waals surface area (Å²) in [5.41, 5.74) is 0.826. The molecule has 1 aliphatic rings. The molecule has 1 rings (SSSR count). The van der Waals surface area contributed by atoms with Gasteiger partial charge in [0.1, 0.15) is 0 Å². The van der Waals surface area contributed by atoms with Crippen molar-refractivity contribution < 1.29 is 17.1 Å². The molecule has 0 aromatic carbocycles. The van der Waals surface area contributed by atoms with Crippen LogP contribution in [0.3, 0.4) is 0 Å². The van der Waals surface area contributed by atoms with Crippen LogP contribution in [0.5, 0.6) is 0 Å². The summed E-state index contributed by atoms with van der Waals surface area (Å²) in [4.78, 5) is 12.9. The Labute approximate surface area is 89.0 Å². The van der Waals surface area contributed by atoms with Crippen molar-refractivity contribution in [3.63, 3.8) is 0 Å². The summed E-state index contributed by atoms with van der Waals surface area (Å²) in [6.45, 7) is 6.17. The van der Waals surface area contributed by atoms with Crippen molar-refractivity contribution >= 4 is 16.1 Å². The van der Waals surface area contributed by atoms with Crippen molar-refractivity contribution in [2.75, 3.05) is 18.8 Å². The van der Waals surface area contributed by atoms with Gasteiger partial charge in [0.05, 0.1) is 5.75 Å². The van der Waals surface area contributed by atoms with Crippen LogP contribution >= 0.6 is 0 Å². The first-order valence-corrected chi connectivity index (χ1v) is 6.17. The molecule has 0 aromatic heterocycles. The molecule has 86 valence electrons. The monoisotopic (exact) mass is 235 g/mol. The van der Waals surface area contributed by atoms with Crippen LogP contribution in [0.15, 0.2) is 12.2 Å². The zero-order valence-electron chi connectivity index (χ0n) is 8.57. The van der Waals surface area contributed by atoms with Gasteiger partial charge in [-0.25, -0.2) is 0 Å². The third-order valence-corrected chi connectivity index (χ3v) is 3.06. The van der Waals surface area contributed by atoms with Crippen LogP contribution in [-0.4, -0.2) is 38.1 Å². The first kappa shape index (κ1) is 12.2. The Morgan fingerprint density at radius 2 is 2.27 bits per heavy atom. The second-order valence-electron chi connectivity index (χ2n) is 4.01. The molecule has 0 spiro atoms. The zero-order valence-corrected chi connectivity index (χ0v) is 9.39. The summed E-state index contributed by atoms with van der Waals surface area (Å²) in [6.07, 6.45) is 0.108. The highest BCUT2D eigenvalue weighted by atomic mass is 32.3. The summed E-state index contributed by atoms with van der Waals surface area (Å²) >= 11 is 0. The van der Waals surface area contributed by atoms with Crippen LogP contribution in [0, 0.1) is 5.92 Å². The van der Waals surface area contributed by atoms with E-state index in [4.69, 9.17) is 0 Å². The molecule has 1 fully saturated rings. The van der Waals surface area contributed by atoms with Gasteiger partial charge in [-0.2, -0.15) is 8.42 Å². The molecule has 4 nitrogen and oxygen atoms in total. The fraction of sp³-hybridized carbons (Fsp3) is 0.667. The van der Waals surface area contributed by atoms with Gasteiger partial charge in [0.25, 0.3) is 0 Å². The highest BCUT2D eigenvalue weighted by molar-refractivity contribution is 7.86. The summed E-state index contributed by atoms with van der Waals surface area (Å²) in [7, 11) is -4.48. The maximum Gasteiger partial charge on any atom is 0.302 e. The van der Waals surface area contributed by atoms with E-state index >= 15 is 0 Å². The Morgan fingerprint density at radius 3 is 2.73 bits per heavy atom. The minimum Gasteiger partial charge on any atom is -0.338 e. The predicted octanol–water partition coefficient (Wildman–Crippen LogP) is 0.710. The van der Waals surface area contributed by atoms with Gasteiger partial charge in [0, 0.05) is 25.4 Å². The highest BCUT2D eigenvalue weighted by Crippen LogP contribution is 2.20. The summed E-state index contributed by atoms with van der Waals surface area (Å²) < 4.78 is 33.2. The lowest BCUT2D eigenvalue weighted by molar-refractivity contribution is -0.127. The molecule has 15 heavy (non-hydrogen) atoms. The van der Waals surface area contributed by atoms with E-state index < -0.39 is 21.9 Å².